The standard InChI is InChI=1S/C33H48F2N6O5.C3H8/c1-31(2,3)25(38-30(46)40-32(18-10-5-11-19-32)33(34,35)21-13-6-4-7-14-21)29(45)41-20-12-17-23(41)28(44)39-27(24(42)26(36)43)37-22-15-8-9-16-22;1-3-2/h4,6-7,13-14,22-23,25,27,37H,5,8-12,15-20H2,1-3H3,(H2,36,43)(H,39,44)(H2,38,40,46);3H2,1-2H3. The topological polar surface area (TPSA) is 163 Å². The van der Waals surface area contributed by atoms with Crippen LogP contribution >= 0.6 is 0 Å². The molecule has 274 valence electrons. The first-order chi connectivity index (χ1) is 23.1. The zero-order valence-electron chi connectivity index (χ0n) is 29.7. The van der Waals surface area contributed by atoms with Crippen molar-refractivity contribution in [1.29, 1.82) is 0 Å². The van der Waals surface area contributed by atoms with Gasteiger partial charge in [0.1, 0.15) is 23.8 Å². The third-order valence-electron chi connectivity index (χ3n) is 9.57. The number of Topliss-reactive ketones (excluding diaryl/α,β-unsaturated/α-hetero) is 1. The number of alkyl halides is 2. The van der Waals surface area contributed by atoms with Gasteiger partial charge in [0.05, 0.1) is 0 Å². The summed E-state index contributed by atoms with van der Waals surface area (Å²) in [6.45, 7) is 9.68. The molecule has 3 unspecified atom stereocenters. The number of halogens is 2. The van der Waals surface area contributed by atoms with Crippen LogP contribution in [0.2, 0.25) is 0 Å². The summed E-state index contributed by atoms with van der Waals surface area (Å²) in [5.41, 5.74) is 2.36. The van der Waals surface area contributed by atoms with Crippen molar-refractivity contribution in [3.63, 3.8) is 0 Å². The number of carbonyl (C=O) groups excluding carboxylic acids is 5. The number of amides is 5. The summed E-state index contributed by atoms with van der Waals surface area (Å²) in [4.78, 5) is 66.7. The maximum Gasteiger partial charge on any atom is 0.316 e. The second-order valence-electron chi connectivity index (χ2n) is 14.7. The van der Waals surface area contributed by atoms with E-state index >= 15 is 8.78 Å². The lowest BCUT2D eigenvalue weighted by Gasteiger charge is -2.44. The predicted molar refractivity (Wildman–Crippen MR) is 183 cm³/mol. The zero-order chi connectivity index (χ0) is 36.4. The van der Waals surface area contributed by atoms with Gasteiger partial charge in [-0.2, -0.15) is 8.78 Å². The van der Waals surface area contributed by atoms with Crippen LogP contribution in [0.25, 0.3) is 0 Å². The van der Waals surface area contributed by atoms with Gasteiger partial charge >= 0.3 is 6.03 Å². The second kappa shape index (κ2) is 17.4. The van der Waals surface area contributed by atoms with Crippen LogP contribution in [-0.2, 0) is 25.1 Å². The Balaban J connectivity index is 0.00000209. The molecule has 0 aromatic heterocycles. The molecule has 2 aliphatic carbocycles. The van der Waals surface area contributed by atoms with Crippen LogP contribution in [-0.4, -0.2) is 70.8 Å². The van der Waals surface area contributed by atoms with Gasteiger partial charge in [0.2, 0.25) is 11.8 Å². The van der Waals surface area contributed by atoms with Crippen molar-refractivity contribution in [1.82, 2.24) is 26.2 Å². The third-order valence-corrected chi connectivity index (χ3v) is 9.57. The van der Waals surface area contributed by atoms with E-state index in [1.807, 2.05) is 0 Å². The van der Waals surface area contributed by atoms with E-state index < -0.39 is 64.7 Å². The number of nitrogens with zero attached hydrogens (tertiary/aromatic N) is 1. The summed E-state index contributed by atoms with van der Waals surface area (Å²) in [7, 11) is 0. The van der Waals surface area contributed by atoms with Crippen LogP contribution in [0.5, 0.6) is 0 Å². The summed E-state index contributed by atoms with van der Waals surface area (Å²) in [5.74, 6) is -6.71. The van der Waals surface area contributed by atoms with E-state index in [4.69, 9.17) is 5.73 Å². The molecule has 2 saturated carbocycles. The van der Waals surface area contributed by atoms with E-state index in [0.717, 1.165) is 32.1 Å². The minimum atomic E-state index is -3.36. The number of hydrogen-bond acceptors (Lipinski definition) is 6. The van der Waals surface area contributed by atoms with E-state index in [1.165, 1.54) is 35.6 Å². The quantitative estimate of drug-likeness (QED) is 0.168. The fourth-order valence-corrected chi connectivity index (χ4v) is 6.99. The highest BCUT2D eigenvalue weighted by Crippen LogP contribution is 2.47. The van der Waals surface area contributed by atoms with Crippen molar-refractivity contribution >= 4 is 29.5 Å². The average Bonchev–Trinajstić information content (AvgIpc) is 3.76. The van der Waals surface area contributed by atoms with Gasteiger partial charge in [0, 0.05) is 18.2 Å². The SMILES string of the molecule is CC(C)(C)C(NC(=O)NC1(C(F)(F)c2ccccc2)CCCCC1)C(=O)N1CCCC1C(=O)NC(NC1CCCC1)C(=O)C(N)=O.CCC. The lowest BCUT2D eigenvalue weighted by atomic mass is 9.74. The lowest BCUT2D eigenvalue weighted by molar-refractivity contribution is -0.143. The molecule has 1 aromatic carbocycles. The molecule has 13 heteroatoms. The smallest absolute Gasteiger partial charge is 0.316 e. The van der Waals surface area contributed by atoms with Gasteiger partial charge in [0.15, 0.2) is 0 Å². The molecule has 3 aliphatic rings. The molecule has 3 fully saturated rings. The first-order valence-electron chi connectivity index (χ1n) is 17.8. The van der Waals surface area contributed by atoms with Crippen LogP contribution < -0.4 is 27.0 Å². The van der Waals surface area contributed by atoms with Gasteiger partial charge in [-0.1, -0.05) is 103 Å². The number of carbonyl (C=O) groups is 5. The van der Waals surface area contributed by atoms with Gasteiger partial charge in [-0.3, -0.25) is 24.5 Å². The highest BCUT2D eigenvalue weighted by Gasteiger charge is 2.56. The molecule has 4 rings (SSSR count). The van der Waals surface area contributed by atoms with Gasteiger partial charge in [-0.25, -0.2) is 4.79 Å². The normalized spacial score (nSPS) is 20.7. The summed E-state index contributed by atoms with van der Waals surface area (Å²) < 4.78 is 32.2. The van der Waals surface area contributed by atoms with E-state index in [9.17, 15) is 24.0 Å². The highest BCUT2D eigenvalue weighted by atomic mass is 19.3. The lowest BCUT2D eigenvalue weighted by Crippen LogP contribution is -2.65. The number of urea groups is 1. The minimum Gasteiger partial charge on any atom is -0.363 e. The van der Waals surface area contributed by atoms with Gasteiger partial charge in [-0.05, 0) is 43.9 Å². The van der Waals surface area contributed by atoms with E-state index in [1.54, 1.807) is 26.8 Å². The van der Waals surface area contributed by atoms with Gasteiger partial charge in [0.25, 0.3) is 17.6 Å². The molecular weight excluding hydrogens is 634 g/mol. The Hall–Kier alpha value is -3.61. The Bertz CT molecular complexity index is 1290. The summed E-state index contributed by atoms with van der Waals surface area (Å²) in [6.07, 6.45) is 6.14. The summed E-state index contributed by atoms with van der Waals surface area (Å²) in [5, 5.41) is 10.9. The maximum absolute atomic E-state index is 16.1. The molecule has 0 radical (unpaired) electrons. The van der Waals surface area contributed by atoms with Gasteiger partial charge in [-0.15, -0.1) is 0 Å². The Labute approximate surface area is 289 Å². The molecule has 3 atom stereocenters. The number of nitrogens with two attached hydrogens (primary N) is 1. The number of benzene rings is 1. The van der Waals surface area contributed by atoms with Crippen LogP contribution in [0.1, 0.15) is 117 Å². The predicted octanol–water partition coefficient (Wildman–Crippen LogP) is 4.63. The number of likely N-dealkylation sites (tertiary alicyclic amines) is 1. The molecular formula is C36H56F2N6O5. The molecule has 1 aromatic rings. The summed E-state index contributed by atoms with van der Waals surface area (Å²) in [6, 6.07) is 4.33. The maximum atomic E-state index is 16.1. The number of primary amides is 1. The zero-order valence-corrected chi connectivity index (χ0v) is 29.7. The van der Waals surface area contributed by atoms with E-state index in [0.29, 0.717) is 25.7 Å². The van der Waals surface area contributed by atoms with E-state index in [2.05, 4.69) is 35.1 Å². The molecule has 1 heterocycles. The van der Waals surface area contributed by atoms with Crippen LogP contribution in [0.3, 0.4) is 0 Å². The molecule has 6 N–H and O–H groups in total. The van der Waals surface area contributed by atoms with Crippen molar-refractivity contribution < 1.29 is 32.8 Å². The average molecular weight is 691 g/mol. The second-order valence-corrected chi connectivity index (χ2v) is 14.7. The number of rotatable bonds is 11. The molecule has 11 nitrogen and oxygen atoms in total. The Kier molecular flexibility index (Phi) is 14.1. The molecule has 0 spiro atoms. The molecule has 5 amide bonds. The van der Waals surface area contributed by atoms with Crippen molar-refractivity contribution in [2.24, 2.45) is 11.1 Å². The number of nitrogens with one attached hydrogen (secondary N) is 4. The van der Waals surface area contributed by atoms with Crippen LogP contribution in [0, 0.1) is 5.41 Å². The third kappa shape index (κ3) is 9.98. The van der Waals surface area contributed by atoms with Crippen molar-refractivity contribution in [2.45, 2.75) is 147 Å². The van der Waals surface area contributed by atoms with E-state index in [-0.39, 0.29) is 31.0 Å². The van der Waals surface area contributed by atoms with Crippen molar-refractivity contribution in [3.05, 3.63) is 35.9 Å². The largest absolute Gasteiger partial charge is 0.363 e. The Morgan fingerprint density at radius 2 is 1.49 bits per heavy atom. The monoisotopic (exact) mass is 690 g/mol. The number of ketones is 1. The van der Waals surface area contributed by atoms with Crippen molar-refractivity contribution in [3.8, 4) is 0 Å². The Morgan fingerprint density at radius 3 is 2.04 bits per heavy atom. The van der Waals surface area contributed by atoms with Crippen molar-refractivity contribution in [2.75, 3.05) is 6.54 Å². The van der Waals surface area contributed by atoms with Crippen LogP contribution in [0.4, 0.5) is 13.6 Å². The molecule has 1 saturated heterocycles. The first kappa shape index (κ1) is 39.8. The molecule has 49 heavy (non-hydrogen) atoms. The number of hydrogen-bond donors (Lipinski definition) is 5. The Morgan fingerprint density at radius 1 is 0.898 bits per heavy atom. The van der Waals surface area contributed by atoms with Gasteiger partial charge < -0.3 is 26.6 Å². The minimum absolute atomic E-state index is 0.0652. The summed E-state index contributed by atoms with van der Waals surface area (Å²) >= 11 is 0. The van der Waals surface area contributed by atoms with Crippen LogP contribution in [0.15, 0.2) is 30.3 Å². The fourth-order valence-electron chi connectivity index (χ4n) is 6.99. The fraction of sp³-hybridized carbons (Fsp3) is 0.694. The molecule has 0 bridgehead atoms. The first-order valence-corrected chi connectivity index (χ1v) is 17.8. The highest BCUT2D eigenvalue weighted by molar-refractivity contribution is 6.37. The molecule has 1 aliphatic heterocycles.